The van der Waals surface area contributed by atoms with Crippen LogP contribution >= 0.6 is 11.8 Å². The molecule has 3 heterocycles. The molecule has 0 saturated carbocycles. The first-order chi connectivity index (χ1) is 11.1. The van der Waals surface area contributed by atoms with Gasteiger partial charge in [0, 0.05) is 44.2 Å². The summed E-state index contributed by atoms with van der Waals surface area (Å²) in [6.45, 7) is 2.42. The summed E-state index contributed by atoms with van der Waals surface area (Å²) in [7, 11) is 4.00. The van der Waals surface area contributed by atoms with Gasteiger partial charge in [0.1, 0.15) is 0 Å². The van der Waals surface area contributed by atoms with Crippen LogP contribution in [-0.2, 0) is 11.8 Å². The zero-order valence-corrected chi connectivity index (χ0v) is 14.9. The Labute approximate surface area is 142 Å². The first-order valence-electron chi connectivity index (χ1n) is 8.43. The number of nitrogens with one attached hydrogen (secondary N) is 1. The number of carbonyl (C=O) groups is 1. The maximum atomic E-state index is 12.3. The molecule has 2 aliphatic heterocycles. The Morgan fingerprint density at radius 3 is 3.09 bits per heavy atom. The van der Waals surface area contributed by atoms with Crippen LogP contribution in [0.1, 0.15) is 19.3 Å². The lowest BCUT2D eigenvalue weighted by Crippen LogP contribution is -2.50. The number of piperidine rings is 1. The number of hydrogen-bond donors (Lipinski definition) is 1. The number of thioether (sulfide) groups is 1. The minimum atomic E-state index is 0.155. The van der Waals surface area contributed by atoms with Crippen molar-refractivity contribution in [3.8, 4) is 0 Å². The molecule has 0 bridgehead atoms. The smallest absolute Gasteiger partial charge is 0.234 e. The summed E-state index contributed by atoms with van der Waals surface area (Å²) in [4.78, 5) is 16.9. The first kappa shape index (κ1) is 16.6. The van der Waals surface area contributed by atoms with E-state index in [1.807, 2.05) is 35.9 Å². The molecular weight excluding hydrogens is 310 g/mol. The lowest BCUT2D eigenvalue weighted by atomic mass is 10.1. The van der Waals surface area contributed by atoms with E-state index in [-0.39, 0.29) is 11.9 Å². The molecule has 3 rings (SSSR count). The van der Waals surface area contributed by atoms with Gasteiger partial charge in [0.05, 0.1) is 18.4 Å². The number of nitrogens with zero attached hydrogens (tertiary/aromatic N) is 4. The Balaban J connectivity index is 1.48. The molecule has 2 saturated heterocycles. The minimum Gasteiger partial charge on any atom is -0.367 e. The van der Waals surface area contributed by atoms with Crippen molar-refractivity contribution in [1.82, 2.24) is 20.0 Å². The maximum Gasteiger partial charge on any atom is 0.234 e. The van der Waals surface area contributed by atoms with Crippen molar-refractivity contribution in [3.05, 3.63) is 12.4 Å². The highest BCUT2D eigenvalue weighted by molar-refractivity contribution is 7.99. The van der Waals surface area contributed by atoms with E-state index in [1.165, 1.54) is 12.2 Å². The molecule has 2 fully saturated rings. The molecule has 0 aliphatic carbocycles. The molecule has 7 heteroatoms. The summed E-state index contributed by atoms with van der Waals surface area (Å²) in [6, 6.07) is 0.798. The fourth-order valence-electron chi connectivity index (χ4n) is 3.40. The molecule has 0 aromatic carbocycles. The average Bonchev–Trinajstić information content (AvgIpc) is 3.18. The molecule has 0 unspecified atom stereocenters. The van der Waals surface area contributed by atoms with Crippen molar-refractivity contribution in [2.75, 3.05) is 43.1 Å². The van der Waals surface area contributed by atoms with E-state index in [9.17, 15) is 4.79 Å². The third-order valence-corrected chi connectivity index (χ3v) is 5.91. The zero-order chi connectivity index (χ0) is 16.2. The number of likely N-dealkylation sites (N-methyl/N-ethyl adjacent to an activating group) is 1. The molecule has 1 aromatic heterocycles. The summed E-state index contributed by atoms with van der Waals surface area (Å²) < 4.78 is 1.83. The van der Waals surface area contributed by atoms with Gasteiger partial charge in [-0.2, -0.15) is 16.9 Å². The molecule has 23 heavy (non-hydrogen) atoms. The van der Waals surface area contributed by atoms with Crippen molar-refractivity contribution >= 4 is 23.4 Å². The van der Waals surface area contributed by atoms with Gasteiger partial charge >= 0.3 is 0 Å². The SMILES string of the molecule is CN(CC(=O)N[C@@H]1CCCN(c2cnn(C)c2)C1)[C@H]1CCSC1. The molecule has 2 aliphatic rings. The molecule has 128 valence electrons. The molecular formula is C16H27N5OS. The van der Waals surface area contributed by atoms with Crippen LogP contribution in [0.4, 0.5) is 5.69 Å². The molecule has 2 atom stereocenters. The summed E-state index contributed by atoms with van der Waals surface area (Å²) in [5.41, 5.74) is 1.14. The van der Waals surface area contributed by atoms with Crippen LogP contribution in [0.3, 0.4) is 0 Å². The Hall–Kier alpha value is -1.21. The van der Waals surface area contributed by atoms with E-state index >= 15 is 0 Å². The van der Waals surface area contributed by atoms with Crippen LogP contribution in [0, 0.1) is 0 Å². The van der Waals surface area contributed by atoms with Gasteiger partial charge in [-0.15, -0.1) is 0 Å². The maximum absolute atomic E-state index is 12.3. The summed E-state index contributed by atoms with van der Waals surface area (Å²) >= 11 is 1.99. The highest BCUT2D eigenvalue weighted by Gasteiger charge is 2.25. The van der Waals surface area contributed by atoms with Crippen LogP contribution in [0.25, 0.3) is 0 Å². The average molecular weight is 337 g/mol. The number of hydrogen-bond acceptors (Lipinski definition) is 5. The van der Waals surface area contributed by atoms with Crippen molar-refractivity contribution in [1.29, 1.82) is 0 Å². The molecule has 1 aromatic rings. The number of amides is 1. The third-order valence-electron chi connectivity index (χ3n) is 4.76. The predicted molar refractivity (Wildman–Crippen MR) is 94.9 cm³/mol. The first-order valence-corrected chi connectivity index (χ1v) is 9.58. The van der Waals surface area contributed by atoms with Crippen LogP contribution < -0.4 is 10.2 Å². The quantitative estimate of drug-likeness (QED) is 0.867. The predicted octanol–water partition coefficient (Wildman–Crippen LogP) is 0.942. The normalized spacial score (nSPS) is 25.1. The minimum absolute atomic E-state index is 0.155. The van der Waals surface area contributed by atoms with Gasteiger partial charge in [-0.1, -0.05) is 0 Å². The van der Waals surface area contributed by atoms with Crippen LogP contribution in [0.2, 0.25) is 0 Å². The second-order valence-electron chi connectivity index (χ2n) is 6.66. The van der Waals surface area contributed by atoms with Crippen molar-refractivity contribution < 1.29 is 4.79 Å². The summed E-state index contributed by atoms with van der Waals surface area (Å²) in [6.07, 6.45) is 7.30. The van der Waals surface area contributed by atoms with Crippen molar-refractivity contribution in [2.24, 2.45) is 7.05 Å². The monoisotopic (exact) mass is 337 g/mol. The van der Waals surface area contributed by atoms with Gasteiger partial charge in [0.15, 0.2) is 0 Å². The Bertz CT molecular complexity index is 528. The van der Waals surface area contributed by atoms with E-state index in [1.54, 1.807) is 0 Å². The van der Waals surface area contributed by atoms with Crippen LogP contribution in [0.15, 0.2) is 12.4 Å². The lowest BCUT2D eigenvalue weighted by Gasteiger charge is -2.34. The molecule has 1 amide bonds. The van der Waals surface area contributed by atoms with Gasteiger partial charge in [-0.05, 0) is 32.1 Å². The second-order valence-corrected chi connectivity index (χ2v) is 7.81. The second kappa shape index (κ2) is 7.57. The van der Waals surface area contributed by atoms with Gasteiger partial charge in [0.2, 0.25) is 5.91 Å². The number of aryl methyl sites for hydroxylation is 1. The molecule has 1 N–H and O–H groups in total. The largest absolute Gasteiger partial charge is 0.367 e. The van der Waals surface area contributed by atoms with Gasteiger partial charge in [-0.25, -0.2) is 0 Å². The highest BCUT2D eigenvalue weighted by atomic mass is 32.2. The van der Waals surface area contributed by atoms with Crippen LogP contribution in [-0.4, -0.2) is 70.9 Å². The van der Waals surface area contributed by atoms with E-state index in [0.717, 1.165) is 37.4 Å². The van der Waals surface area contributed by atoms with Gasteiger partial charge in [0.25, 0.3) is 0 Å². The number of anilines is 1. The molecule has 0 spiro atoms. The number of aromatic nitrogens is 2. The van der Waals surface area contributed by atoms with E-state index in [2.05, 4.69) is 27.3 Å². The number of rotatable bonds is 5. The summed E-state index contributed by atoms with van der Waals surface area (Å²) in [5.74, 6) is 2.53. The van der Waals surface area contributed by atoms with Crippen molar-refractivity contribution in [2.45, 2.75) is 31.3 Å². The lowest BCUT2D eigenvalue weighted by molar-refractivity contribution is -0.123. The van der Waals surface area contributed by atoms with Gasteiger partial charge in [-0.3, -0.25) is 14.4 Å². The number of carbonyl (C=O) groups excluding carboxylic acids is 1. The Morgan fingerprint density at radius 2 is 2.39 bits per heavy atom. The Kier molecular flexibility index (Phi) is 5.48. The molecule has 0 radical (unpaired) electrons. The Morgan fingerprint density at radius 1 is 1.52 bits per heavy atom. The fraction of sp³-hybridized carbons (Fsp3) is 0.750. The van der Waals surface area contributed by atoms with Gasteiger partial charge < -0.3 is 10.2 Å². The van der Waals surface area contributed by atoms with E-state index in [4.69, 9.17) is 0 Å². The third kappa shape index (κ3) is 4.41. The van der Waals surface area contributed by atoms with E-state index < -0.39 is 0 Å². The molecule has 6 nitrogen and oxygen atoms in total. The highest BCUT2D eigenvalue weighted by Crippen LogP contribution is 2.21. The standard InChI is InChI=1S/C16H27N5OS/c1-19(14-5-7-23-12-14)11-16(22)18-13-4-3-6-21(9-13)15-8-17-20(2)10-15/h8,10,13-14H,3-7,9,11-12H2,1-2H3,(H,18,22)/t13-,14+/m1/s1. The topological polar surface area (TPSA) is 53.4 Å². The van der Waals surface area contributed by atoms with Crippen LogP contribution in [0.5, 0.6) is 0 Å². The zero-order valence-electron chi connectivity index (χ0n) is 14.1. The van der Waals surface area contributed by atoms with Crippen molar-refractivity contribution in [3.63, 3.8) is 0 Å². The fourth-order valence-corrected chi connectivity index (χ4v) is 4.70. The van der Waals surface area contributed by atoms with E-state index in [0.29, 0.717) is 12.6 Å². The summed E-state index contributed by atoms with van der Waals surface area (Å²) in [5, 5.41) is 7.46.